The molecule has 0 bridgehead atoms. The van der Waals surface area contributed by atoms with Crippen molar-refractivity contribution in [3.63, 3.8) is 0 Å². The SMILES string of the molecule is CC(C)(C)CCCCOC1CCCCO1. The fourth-order valence-electron chi connectivity index (χ4n) is 1.81. The van der Waals surface area contributed by atoms with Gasteiger partial charge in [0.2, 0.25) is 0 Å². The van der Waals surface area contributed by atoms with E-state index in [1.165, 1.54) is 25.7 Å². The fourth-order valence-corrected chi connectivity index (χ4v) is 1.81. The summed E-state index contributed by atoms with van der Waals surface area (Å²) in [6, 6.07) is 0. The third-order valence-electron chi connectivity index (χ3n) is 2.76. The molecule has 1 rings (SSSR count). The van der Waals surface area contributed by atoms with Gasteiger partial charge in [0.25, 0.3) is 0 Å². The second-order valence-corrected chi connectivity index (χ2v) is 5.68. The van der Waals surface area contributed by atoms with Crippen LogP contribution in [0, 0.1) is 5.41 Å². The second kappa shape index (κ2) is 6.49. The van der Waals surface area contributed by atoms with Crippen LogP contribution < -0.4 is 0 Å². The summed E-state index contributed by atoms with van der Waals surface area (Å²) >= 11 is 0. The van der Waals surface area contributed by atoms with E-state index in [1.54, 1.807) is 0 Å². The second-order valence-electron chi connectivity index (χ2n) is 5.68. The van der Waals surface area contributed by atoms with Crippen molar-refractivity contribution in [2.45, 2.75) is 65.6 Å². The predicted molar refractivity (Wildman–Crippen MR) is 62.8 cm³/mol. The highest BCUT2D eigenvalue weighted by Crippen LogP contribution is 2.21. The van der Waals surface area contributed by atoms with E-state index in [0.717, 1.165) is 26.1 Å². The van der Waals surface area contributed by atoms with E-state index in [4.69, 9.17) is 9.47 Å². The summed E-state index contributed by atoms with van der Waals surface area (Å²) in [4.78, 5) is 0. The van der Waals surface area contributed by atoms with Gasteiger partial charge in [0, 0.05) is 13.2 Å². The largest absolute Gasteiger partial charge is 0.353 e. The first-order valence-electron chi connectivity index (χ1n) is 6.31. The monoisotopic (exact) mass is 214 g/mol. The molecule has 1 saturated heterocycles. The zero-order valence-corrected chi connectivity index (χ0v) is 10.6. The van der Waals surface area contributed by atoms with E-state index in [1.807, 2.05) is 0 Å². The summed E-state index contributed by atoms with van der Waals surface area (Å²) in [6.45, 7) is 8.61. The normalized spacial score (nSPS) is 23.0. The van der Waals surface area contributed by atoms with E-state index in [9.17, 15) is 0 Å². The molecule has 0 saturated carbocycles. The summed E-state index contributed by atoms with van der Waals surface area (Å²) in [6.07, 6.45) is 7.33. The van der Waals surface area contributed by atoms with Crippen molar-refractivity contribution in [2.75, 3.05) is 13.2 Å². The quantitative estimate of drug-likeness (QED) is 0.649. The van der Waals surface area contributed by atoms with E-state index in [0.29, 0.717) is 5.41 Å². The van der Waals surface area contributed by atoms with Gasteiger partial charge < -0.3 is 9.47 Å². The van der Waals surface area contributed by atoms with Crippen molar-refractivity contribution >= 4 is 0 Å². The van der Waals surface area contributed by atoms with Crippen LogP contribution in [0.2, 0.25) is 0 Å². The van der Waals surface area contributed by atoms with Crippen molar-refractivity contribution in [3.8, 4) is 0 Å². The smallest absolute Gasteiger partial charge is 0.157 e. The molecule has 0 amide bonds. The molecule has 1 unspecified atom stereocenters. The Kier molecular flexibility index (Phi) is 5.62. The minimum absolute atomic E-state index is 0.0911. The fraction of sp³-hybridized carbons (Fsp3) is 1.00. The van der Waals surface area contributed by atoms with E-state index < -0.39 is 0 Å². The lowest BCUT2D eigenvalue weighted by atomic mass is 9.90. The van der Waals surface area contributed by atoms with Crippen LogP contribution in [-0.2, 0) is 9.47 Å². The molecule has 0 spiro atoms. The maximum atomic E-state index is 5.68. The van der Waals surface area contributed by atoms with Gasteiger partial charge in [0.15, 0.2) is 6.29 Å². The molecule has 15 heavy (non-hydrogen) atoms. The van der Waals surface area contributed by atoms with Gasteiger partial charge in [-0.1, -0.05) is 27.2 Å². The topological polar surface area (TPSA) is 18.5 Å². The molecule has 1 aliphatic rings. The highest BCUT2D eigenvalue weighted by molar-refractivity contribution is 4.61. The molecule has 0 aliphatic carbocycles. The van der Waals surface area contributed by atoms with Crippen LogP contribution in [0.25, 0.3) is 0 Å². The molecule has 1 atom stereocenters. The van der Waals surface area contributed by atoms with E-state index in [2.05, 4.69) is 20.8 Å². The van der Waals surface area contributed by atoms with Gasteiger partial charge in [-0.15, -0.1) is 0 Å². The minimum atomic E-state index is 0.0911. The van der Waals surface area contributed by atoms with Gasteiger partial charge in [0.05, 0.1) is 0 Å². The summed E-state index contributed by atoms with van der Waals surface area (Å²) in [5.74, 6) is 0. The Balaban J connectivity index is 1.92. The number of hydrogen-bond acceptors (Lipinski definition) is 2. The first kappa shape index (κ1) is 13.0. The van der Waals surface area contributed by atoms with Crippen molar-refractivity contribution in [2.24, 2.45) is 5.41 Å². The lowest BCUT2D eigenvalue weighted by Gasteiger charge is -2.23. The molecule has 90 valence electrons. The zero-order chi connectivity index (χ0) is 11.1. The van der Waals surface area contributed by atoms with Crippen molar-refractivity contribution < 1.29 is 9.47 Å². The molecule has 0 N–H and O–H groups in total. The van der Waals surface area contributed by atoms with Crippen LogP contribution in [0.1, 0.15) is 59.3 Å². The molecule has 0 aromatic carbocycles. The van der Waals surface area contributed by atoms with E-state index in [-0.39, 0.29) is 6.29 Å². The highest BCUT2D eigenvalue weighted by Gasteiger charge is 2.14. The molecule has 0 radical (unpaired) electrons. The van der Waals surface area contributed by atoms with Crippen LogP contribution in [0.5, 0.6) is 0 Å². The molecule has 0 aromatic rings. The lowest BCUT2D eigenvalue weighted by molar-refractivity contribution is -0.162. The highest BCUT2D eigenvalue weighted by atomic mass is 16.7. The number of rotatable bonds is 5. The number of unbranched alkanes of at least 4 members (excludes halogenated alkanes) is 1. The molecule has 0 aromatic heterocycles. The maximum absolute atomic E-state index is 5.68. The number of hydrogen-bond donors (Lipinski definition) is 0. The molecule has 2 nitrogen and oxygen atoms in total. The molecule has 1 aliphatic heterocycles. The molecule has 1 fully saturated rings. The van der Waals surface area contributed by atoms with Crippen molar-refractivity contribution in [3.05, 3.63) is 0 Å². The van der Waals surface area contributed by atoms with E-state index >= 15 is 0 Å². The Bertz CT molecular complexity index is 154. The lowest BCUT2D eigenvalue weighted by Crippen LogP contribution is -2.22. The Hall–Kier alpha value is -0.0800. The zero-order valence-electron chi connectivity index (χ0n) is 10.6. The summed E-state index contributed by atoms with van der Waals surface area (Å²) < 4.78 is 11.2. The molecule has 2 heteroatoms. The number of ether oxygens (including phenoxy) is 2. The Labute approximate surface area is 94.3 Å². The average Bonchev–Trinajstić information content (AvgIpc) is 2.17. The Morgan fingerprint density at radius 1 is 1.20 bits per heavy atom. The predicted octanol–water partition coefficient (Wildman–Crippen LogP) is 3.75. The van der Waals surface area contributed by atoms with Gasteiger partial charge in [-0.3, -0.25) is 0 Å². The van der Waals surface area contributed by atoms with Gasteiger partial charge in [-0.25, -0.2) is 0 Å². The van der Waals surface area contributed by atoms with Gasteiger partial charge in [-0.2, -0.15) is 0 Å². The summed E-state index contributed by atoms with van der Waals surface area (Å²) in [7, 11) is 0. The van der Waals surface area contributed by atoms with Gasteiger partial charge >= 0.3 is 0 Å². The van der Waals surface area contributed by atoms with Crippen LogP contribution in [-0.4, -0.2) is 19.5 Å². The van der Waals surface area contributed by atoms with Crippen LogP contribution in [0.3, 0.4) is 0 Å². The molecular weight excluding hydrogens is 188 g/mol. The minimum Gasteiger partial charge on any atom is -0.353 e. The molecule has 1 heterocycles. The summed E-state index contributed by atoms with van der Waals surface area (Å²) in [5.41, 5.74) is 0.460. The van der Waals surface area contributed by atoms with Crippen LogP contribution in [0.15, 0.2) is 0 Å². The Morgan fingerprint density at radius 2 is 2.00 bits per heavy atom. The standard InChI is InChI=1S/C13H26O2/c1-13(2,3)9-5-7-11-15-12-8-4-6-10-14-12/h12H,4-11H2,1-3H3. The van der Waals surface area contributed by atoms with Crippen LogP contribution >= 0.6 is 0 Å². The van der Waals surface area contributed by atoms with Crippen molar-refractivity contribution in [1.29, 1.82) is 0 Å². The van der Waals surface area contributed by atoms with Gasteiger partial charge in [-0.05, 0) is 37.5 Å². The van der Waals surface area contributed by atoms with Crippen molar-refractivity contribution in [1.82, 2.24) is 0 Å². The summed E-state index contributed by atoms with van der Waals surface area (Å²) in [5, 5.41) is 0. The first-order valence-corrected chi connectivity index (χ1v) is 6.31. The maximum Gasteiger partial charge on any atom is 0.157 e. The van der Waals surface area contributed by atoms with Gasteiger partial charge in [0.1, 0.15) is 0 Å². The molecular formula is C13H26O2. The van der Waals surface area contributed by atoms with Crippen LogP contribution in [0.4, 0.5) is 0 Å². The Morgan fingerprint density at radius 3 is 2.60 bits per heavy atom. The third kappa shape index (κ3) is 6.91. The average molecular weight is 214 g/mol. The third-order valence-corrected chi connectivity index (χ3v) is 2.76. The first-order chi connectivity index (χ1) is 7.08.